The minimum Gasteiger partial charge on any atom is -0.490 e. The molecule has 4 nitrogen and oxygen atoms in total. The Balaban J connectivity index is 2.18. The molecule has 0 spiro atoms. The van der Waals surface area contributed by atoms with Crippen molar-refractivity contribution in [1.29, 1.82) is 0 Å². The normalized spacial score (nSPS) is 15.9. The summed E-state index contributed by atoms with van der Waals surface area (Å²) in [5.41, 5.74) is 0.726. The van der Waals surface area contributed by atoms with Gasteiger partial charge in [0.15, 0.2) is 17.3 Å². The van der Waals surface area contributed by atoms with Gasteiger partial charge in [0.05, 0.1) is 13.2 Å². The second kappa shape index (κ2) is 7.29. The molecule has 4 heteroatoms. The number of rotatable bonds is 6. The summed E-state index contributed by atoms with van der Waals surface area (Å²) in [4.78, 5) is 12.5. The minimum absolute atomic E-state index is 0.128. The molecule has 1 fully saturated rings. The van der Waals surface area contributed by atoms with Crippen LogP contribution in [-0.2, 0) is 0 Å². The average molecular weight is 277 g/mol. The van der Waals surface area contributed by atoms with E-state index in [-0.39, 0.29) is 11.7 Å². The van der Waals surface area contributed by atoms with E-state index in [4.69, 9.17) is 9.47 Å². The maximum atomic E-state index is 12.5. The molecule has 0 saturated carbocycles. The summed E-state index contributed by atoms with van der Waals surface area (Å²) in [5.74, 6) is 1.71. The quantitative estimate of drug-likeness (QED) is 0.812. The second-order valence-electron chi connectivity index (χ2n) is 4.92. The van der Waals surface area contributed by atoms with Crippen molar-refractivity contribution in [1.82, 2.24) is 5.32 Å². The number of Topliss-reactive ketones (excluding diaryl/α,β-unsaturated/α-hetero) is 1. The average Bonchev–Trinajstić information content (AvgIpc) is 2.50. The number of carbonyl (C=O) groups is 1. The second-order valence-corrected chi connectivity index (χ2v) is 4.92. The highest BCUT2D eigenvalue weighted by Gasteiger charge is 2.23. The maximum Gasteiger partial charge on any atom is 0.166 e. The fourth-order valence-corrected chi connectivity index (χ4v) is 2.52. The van der Waals surface area contributed by atoms with Crippen molar-refractivity contribution in [2.75, 3.05) is 26.3 Å². The molecule has 0 aromatic heterocycles. The van der Waals surface area contributed by atoms with E-state index >= 15 is 0 Å². The van der Waals surface area contributed by atoms with Crippen molar-refractivity contribution in [2.24, 2.45) is 5.92 Å². The van der Waals surface area contributed by atoms with Gasteiger partial charge in [-0.1, -0.05) is 0 Å². The first-order valence-corrected chi connectivity index (χ1v) is 7.40. The molecule has 2 rings (SSSR count). The third-order valence-electron chi connectivity index (χ3n) is 3.54. The molecule has 1 aromatic carbocycles. The van der Waals surface area contributed by atoms with E-state index in [0.29, 0.717) is 24.7 Å². The lowest BCUT2D eigenvalue weighted by Crippen LogP contribution is -2.31. The molecule has 0 amide bonds. The van der Waals surface area contributed by atoms with Crippen LogP contribution in [0, 0.1) is 5.92 Å². The number of nitrogens with one attached hydrogen (secondary N) is 1. The molecule has 1 heterocycles. The van der Waals surface area contributed by atoms with Crippen LogP contribution in [0.25, 0.3) is 0 Å². The smallest absolute Gasteiger partial charge is 0.166 e. The van der Waals surface area contributed by atoms with Crippen LogP contribution in [-0.4, -0.2) is 32.1 Å². The molecule has 1 aromatic rings. The Hall–Kier alpha value is -1.55. The number of hydrogen-bond acceptors (Lipinski definition) is 4. The van der Waals surface area contributed by atoms with Crippen LogP contribution in [0.1, 0.15) is 37.0 Å². The van der Waals surface area contributed by atoms with Gasteiger partial charge in [0.25, 0.3) is 0 Å². The summed E-state index contributed by atoms with van der Waals surface area (Å²) in [7, 11) is 0. The summed E-state index contributed by atoms with van der Waals surface area (Å²) >= 11 is 0. The molecule has 110 valence electrons. The Morgan fingerprint density at radius 1 is 1.15 bits per heavy atom. The summed E-state index contributed by atoms with van der Waals surface area (Å²) in [6.07, 6.45) is 1.83. The van der Waals surface area contributed by atoms with Gasteiger partial charge in [-0.3, -0.25) is 4.79 Å². The fraction of sp³-hybridized carbons (Fsp3) is 0.562. The Bertz CT molecular complexity index is 453. The van der Waals surface area contributed by atoms with Crippen LogP contribution < -0.4 is 14.8 Å². The Morgan fingerprint density at radius 3 is 2.45 bits per heavy atom. The third kappa shape index (κ3) is 3.51. The van der Waals surface area contributed by atoms with Gasteiger partial charge in [-0.05, 0) is 58.0 Å². The zero-order valence-electron chi connectivity index (χ0n) is 12.3. The van der Waals surface area contributed by atoms with E-state index in [1.54, 1.807) is 0 Å². The number of piperidine rings is 1. The zero-order chi connectivity index (χ0) is 14.4. The van der Waals surface area contributed by atoms with Gasteiger partial charge in [-0.25, -0.2) is 0 Å². The molecule has 0 unspecified atom stereocenters. The largest absolute Gasteiger partial charge is 0.490 e. The zero-order valence-corrected chi connectivity index (χ0v) is 12.3. The van der Waals surface area contributed by atoms with E-state index in [1.165, 1.54) is 0 Å². The van der Waals surface area contributed by atoms with Gasteiger partial charge in [-0.2, -0.15) is 0 Å². The lowest BCUT2D eigenvalue weighted by Gasteiger charge is -2.21. The first-order chi connectivity index (χ1) is 9.76. The molecule has 0 radical (unpaired) electrons. The lowest BCUT2D eigenvalue weighted by atomic mass is 9.89. The molecule has 1 saturated heterocycles. The number of ketones is 1. The fourth-order valence-electron chi connectivity index (χ4n) is 2.52. The van der Waals surface area contributed by atoms with Crippen molar-refractivity contribution in [3.05, 3.63) is 23.8 Å². The van der Waals surface area contributed by atoms with Crippen molar-refractivity contribution < 1.29 is 14.3 Å². The number of carbonyl (C=O) groups excluding carboxylic acids is 1. The van der Waals surface area contributed by atoms with Crippen LogP contribution in [0.2, 0.25) is 0 Å². The molecular weight excluding hydrogens is 254 g/mol. The van der Waals surface area contributed by atoms with Crippen molar-refractivity contribution in [3.8, 4) is 11.5 Å². The van der Waals surface area contributed by atoms with Gasteiger partial charge >= 0.3 is 0 Å². The predicted molar refractivity (Wildman–Crippen MR) is 78.7 cm³/mol. The summed E-state index contributed by atoms with van der Waals surface area (Å²) in [5, 5.41) is 3.28. The van der Waals surface area contributed by atoms with Crippen LogP contribution in [0.5, 0.6) is 11.5 Å². The Morgan fingerprint density at radius 2 is 1.80 bits per heavy atom. The van der Waals surface area contributed by atoms with Gasteiger partial charge in [-0.15, -0.1) is 0 Å². The van der Waals surface area contributed by atoms with Crippen LogP contribution >= 0.6 is 0 Å². The monoisotopic (exact) mass is 277 g/mol. The summed E-state index contributed by atoms with van der Waals surface area (Å²) in [6.45, 7) is 6.85. The molecule has 0 aliphatic carbocycles. The van der Waals surface area contributed by atoms with E-state index < -0.39 is 0 Å². The van der Waals surface area contributed by atoms with Crippen LogP contribution in [0.15, 0.2) is 18.2 Å². The number of ether oxygens (including phenoxy) is 2. The molecular formula is C16H23NO3. The van der Waals surface area contributed by atoms with Gasteiger partial charge in [0.1, 0.15) is 0 Å². The topological polar surface area (TPSA) is 47.6 Å². The Kier molecular flexibility index (Phi) is 5.41. The first kappa shape index (κ1) is 14.9. The molecule has 0 bridgehead atoms. The van der Waals surface area contributed by atoms with Crippen LogP contribution in [0.3, 0.4) is 0 Å². The number of hydrogen-bond donors (Lipinski definition) is 1. The molecule has 20 heavy (non-hydrogen) atoms. The van der Waals surface area contributed by atoms with Crippen LogP contribution in [0.4, 0.5) is 0 Å². The van der Waals surface area contributed by atoms with Crippen molar-refractivity contribution in [2.45, 2.75) is 26.7 Å². The first-order valence-electron chi connectivity index (χ1n) is 7.40. The Labute approximate surface area is 120 Å². The SMILES string of the molecule is CCOc1ccc(C(=O)C2CCNCC2)cc1OCC. The van der Waals surface area contributed by atoms with E-state index in [1.807, 2.05) is 32.0 Å². The lowest BCUT2D eigenvalue weighted by molar-refractivity contribution is 0.0894. The van der Waals surface area contributed by atoms with Crippen molar-refractivity contribution >= 4 is 5.78 Å². The van der Waals surface area contributed by atoms with Crippen molar-refractivity contribution in [3.63, 3.8) is 0 Å². The van der Waals surface area contributed by atoms with Gasteiger partial charge < -0.3 is 14.8 Å². The van der Waals surface area contributed by atoms with E-state index in [9.17, 15) is 4.79 Å². The molecule has 1 aliphatic rings. The highest BCUT2D eigenvalue weighted by Crippen LogP contribution is 2.30. The van der Waals surface area contributed by atoms with E-state index in [2.05, 4.69) is 5.32 Å². The number of benzene rings is 1. The standard InChI is InChI=1S/C16H23NO3/c1-3-19-14-6-5-13(11-15(14)20-4-2)16(18)12-7-9-17-10-8-12/h5-6,11-12,17H,3-4,7-10H2,1-2H3. The molecule has 1 aliphatic heterocycles. The predicted octanol–water partition coefficient (Wildman–Crippen LogP) is 2.67. The third-order valence-corrected chi connectivity index (χ3v) is 3.54. The van der Waals surface area contributed by atoms with Gasteiger partial charge in [0, 0.05) is 11.5 Å². The highest BCUT2D eigenvalue weighted by molar-refractivity contribution is 5.98. The minimum atomic E-state index is 0.128. The summed E-state index contributed by atoms with van der Waals surface area (Å²) < 4.78 is 11.1. The van der Waals surface area contributed by atoms with E-state index in [0.717, 1.165) is 31.5 Å². The molecule has 0 atom stereocenters. The maximum absolute atomic E-state index is 12.5. The highest BCUT2D eigenvalue weighted by atomic mass is 16.5. The molecule has 1 N–H and O–H groups in total. The summed E-state index contributed by atoms with van der Waals surface area (Å²) in [6, 6.07) is 5.50. The van der Waals surface area contributed by atoms with Gasteiger partial charge in [0.2, 0.25) is 0 Å².